The number of carboxylic acid groups (broad SMARTS) is 1. The number of carboxylic acids is 1. The summed E-state index contributed by atoms with van der Waals surface area (Å²) in [6, 6.07) is 0. The summed E-state index contributed by atoms with van der Waals surface area (Å²) in [5, 5.41) is 9.57. The van der Waals surface area contributed by atoms with Crippen molar-refractivity contribution in [3.8, 4) is 0 Å². The van der Waals surface area contributed by atoms with Crippen LogP contribution in [-0.2, 0) is 23.9 Å². The second-order valence-corrected chi connectivity index (χ2v) is 19.3. The molecule has 6 fully saturated rings. The summed E-state index contributed by atoms with van der Waals surface area (Å²) in [6.07, 6.45) is 13.1. The summed E-state index contributed by atoms with van der Waals surface area (Å²) in [4.78, 5) is 54.3. The van der Waals surface area contributed by atoms with Crippen LogP contribution in [0.3, 0.4) is 0 Å². The van der Waals surface area contributed by atoms with E-state index in [4.69, 9.17) is 4.74 Å². The SMILES string of the molecule is CC(=O)N1CCN(C(=O)C[C@]23CCC[C@@H]2[C@H]2CCC4[C@@]5(C)CC[C@H](OC(=O)CC(C)(C)C(=O)O)C(C)(C)C5CC[C@@]4(C)[C@]2(C)CC3)CC1. The molecule has 0 radical (unpaired) electrons. The molecule has 0 aromatic rings. The molecule has 270 valence electrons. The maximum Gasteiger partial charge on any atom is 0.309 e. The van der Waals surface area contributed by atoms with Gasteiger partial charge < -0.3 is 19.6 Å². The summed E-state index contributed by atoms with van der Waals surface area (Å²) < 4.78 is 6.15. The fourth-order valence-corrected chi connectivity index (χ4v) is 13.5. The minimum atomic E-state index is -1.14. The predicted octanol–water partition coefficient (Wildman–Crippen LogP) is 7.34. The molecule has 0 bridgehead atoms. The van der Waals surface area contributed by atoms with E-state index in [0.29, 0.717) is 62.2 Å². The molecule has 8 nitrogen and oxygen atoms in total. The molecule has 48 heavy (non-hydrogen) atoms. The quantitative estimate of drug-likeness (QED) is 0.297. The first-order valence-electron chi connectivity index (χ1n) is 19.3. The van der Waals surface area contributed by atoms with E-state index in [1.54, 1.807) is 20.8 Å². The Bertz CT molecular complexity index is 1320. The highest BCUT2D eigenvalue weighted by Crippen LogP contribution is 2.77. The van der Waals surface area contributed by atoms with Crippen molar-refractivity contribution >= 4 is 23.8 Å². The Kier molecular flexibility index (Phi) is 8.92. The molecule has 2 amide bonds. The highest BCUT2D eigenvalue weighted by atomic mass is 16.5. The molecule has 6 aliphatic rings. The third-order valence-electron chi connectivity index (χ3n) is 16.5. The van der Waals surface area contributed by atoms with Gasteiger partial charge in [0.25, 0.3) is 0 Å². The molecule has 6 rings (SSSR count). The summed E-state index contributed by atoms with van der Waals surface area (Å²) >= 11 is 0. The van der Waals surface area contributed by atoms with Crippen LogP contribution in [0.1, 0.15) is 139 Å². The average molecular weight is 669 g/mol. The Hall–Kier alpha value is -2.12. The van der Waals surface area contributed by atoms with Crippen molar-refractivity contribution in [1.29, 1.82) is 0 Å². The van der Waals surface area contributed by atoms with Gasteiger partial charge in [-0.05, 0) is 123 Å². The first-order valence-corrected chi connectivity index (χ1v) is 19.3. The summed E-state index contributed by atoms with van der Waals surface area (Å²) in [7, 11) is 0. The lowest BCUT2D eigenvalue weighted by Gasteiger charge is -2.72. The molecular weight excluding hydrogens is 604 g/mol. The van der Waals surface area contributed by atoms with E-state index in [1.165, 1.54) is 44.9 Å². The smallest absolute Gasteiger partial charge is 0.309 e. The molecule has 1 saturated heterocycles. The van der Waals surface area contributed by atoms with Gasteiger partial charge in [-0.1, -0.05) is 41.0 Å². The third kappa shape index (κ3) is 5.43. The number of hydrogen-bond donors (Lipinski definition) is 1. The van der Waals surface area contributed by atoms with Gasteiger partial charge in [0.1, 0.15) is 6.10 Å². The number of esters is 1. The minimum Gasteiger partial charge on any atom is -0.481 e. The highest BCUT2D eigenvalue weighted by molar-refractivity contribution is 5.81. The van der Waals surface area contributed by atoms with Gasteiger partial charge in [0.2, 0.25) is 11.8 Å². The Morgan fingerprint density at radius 1 is 0.750 bits per heavy atom. The van der Waals surface area contributed by atoms with Crippen LogP contribution in [0.15, 0.2) is 0 Å². The summed E-state index contributed by atoms with van der Waals surface area (Å²) in [5.74, 6) is 1.37. The average Bonchev–Trinajstić information content (AvgIpc) is 3.42. The standard InChI is InChI=1S/C40H64N2O6/c1-26(43)41-20-22-42(23-21-41)32(44)24-40-15-9-10-28(40)27-11-12-30-37(6)16-14-31(48-33(45)25-35(2,3)34(46)47)36(4,5)29(37)13-17-39(30,8)38(27,7)18-19-40/h27-31H,9-25H2,1-8H3,(H,46,47)/t27-,28-,29?,30?,31+,37+,38-,39-,40-/m1/s1. The normalized spacial score (nSPS) is 42.1. The zero-order valence-corrected chi connectivity index (χ0v) is 31.3. The largest absolute Gasteiger partial charge is 0.481 e. The third-order valence-corrected chi connectivity index (χ3v) is 16.5. The molecule has 0 aromatic heterocycles. The summed E-state index contributed by atoms with van der Waals surface area (Å²) in [5.41, 5.74) is -0.555. The minimum absolute atomic E-state index is 0.104. The molecule has 1 heterocycles. The van der Waals surface area contributed by atoms with Crippen molar-refractivity contribution in [3.05, 3.63) is 0 Å². The van der Waals surface area contributed by atoms with Crippen LogP contribution in [0, 0.1) is 56.2 Å². The fraction of sp³-hybridized carbons (Fsp3) is 0.900. The topological polar surface area (TPSA) is 104 Å². The van der Waals surface area contributed by atoms with Crippen molar-refractivity contribution in [1.82, 2.24) is 9.80 Å². The number of carbonyl (C=O) groups excluding carboxylic acids is 3. The van der Waals surface area contributed by atoms with Gasteiger partial charge in [-0.15, -0.1) is 0 Å². The van der Waals surface area contributed by atoms with Gasteiger partial charge in [-0.2, -0.15) is 0 Å². The van der Waals surface area contributed by atoms with Gasteiger partial charge in [-0.25, -0.2) is 0 Å². The van der Waals surface area contributed by atoms with Crippen molar-refractivity contribution in [3.63, 3.8) is 0 Å². The van der Waals surface area contributed by atoms with Crippen LogP contribution < -0.4 is 0 Å². The second kappa shape index (κ2) is 12.0. The van der Waals surface area contributed by atoms with Gasteiger partial charge in [0, 0.05) is 44.9 Å². The number of nitrogens with zero attached hydrogens (tertiary/aromatic N) is 2. The molecule has 8 heteroatoms. The van der Waals surface area contributed by atoms with E-state index < -0.39 is 17.4 Å². The number of piperazine rings is 1. The molecule has 9 atom stereocenters. The van der Waals surface area contributed by atoms with Crippen LogP contribution >= 0.6 is 0 Å². The predicted molar refractivity (Wildman–Crippen MR) is 185 cm³/mol. The van der Waals surface area contributed by atoms with E-state index in [0.717, 1.165) is 25.7 Å². The Balaban J connectivity index is 1.17. The van der Waals surface area contributed by atoms with E-state index in [-0.39, 0.29) is 45.5 Å². The number of fused-ring (bicyclic) bond motifs is 7. The van der Waals surface area contributed by atoms with Crippen molar-refractivity contribution in [2.75, 3.05) is 26.2 Å². The first-order chi connectivity index (χ1) is 22.3. The van der Waals surface area contributed by atoms with Gasteiger partial charge >= 0.3 is 11.9 Å². The lowest BCUT2D eigenvalue weighted by molar-refractivity contribution is -0.248. The van der Waals surface area contributed by atoms with Crippen molar-refractivity contribution < 1.29 is 29.0 Å². The lowest BCUT2D eigenvalue weighted by atomic mass is 9.32. The molecule has 5 aliphatic carbocycles. The van der Waals surface area contributed by atoms with Gasteiger partial charge in [-0.3, -0.25) is 19.2 Å². The van der Waals surface area contributed by atoms with E-state index >= 15 is 0 Å². The molecule has 2 unspecified atom stereocenters. The maximum atomic E-state index is 13.8. The molecule has 1 N–H and O–H groups in total. The Morgan fingerprint density at radius 2 is 1.42 bits per heavy atom. The number of aliphatic carboxylic acids is 1. The van der Waals surface area contributed by atoms with E-state index in [9.17, 15) is 24.3 Å². The molecule has 0 spiro atoms. The number of amides is 2. The van der Waals surface area contributed by atoms with Crippen LogP contribution in [0.25, 0.3) is 0 Å². The number of carbonyl (C=O) groups is 4. The van der Waals surface area contributed by atoms with Crippen LogP contribution in [0.5, 0.6) is 0 Å². The van der Waals surface area contributed by atoms with Gasteiger partial charge in [0.05, 0.1) is 11.8 Å². The Labute approximate surface area is 289 Å². The van der Waals surface area contributed by atoms with E-state index in [1.807, 2.05) is 9.80 Å². The molecule has 0 aromatic carbocycles. The van der Waals surface area contributed by atoms with Crippen molar-refractivity contribution in [2.24, 2.45) is 56.2 Å². The molecule has 1 aliphatic heterocycles. The Morgan fingerprint density at radius 3 is 2.06 bits per heavy atom. The number of rotatable bonds is 6. The fourth-order valence-electron chi connectivity index (χ4n) is 13.5. The zero-order valence-electron chi connectivity index (χ0n) is 31.3. The summed E-state index contributed by atoms with van der Waals surface area (Å²) in [6.45, 7) is 19.9. The van der Waals surface area contributed by atoms with Crippen LogP contribution in [-0.4, -0.2) is 70.9 Å². The van der Waals surface area contributed by atoms with Gasteiger partial charge in [0.15, 0.2) is 0 Å². The first kappa shape index (κ1) is 35.7. The second-order valence-electron chi connectivity index (χ2n) is 19.3. The highest BCUT2D eigenvalue weighted by Gasteiger charge is 2.70. The lowest BCUT2D eigenvalue weighted by Crippen LogP contribution is -2.66. The van der Waals surface area contributed by atoms with Crippen LogP contribution in [0.4, 0.5) is 0 Å². The number of hydrogen-bond acceptors (Lipinski definition) is 5. The number of ether oxygens (including phenoxy) is 1. The van der Waals surface area contributed by atoms with Crippen LogP contribution in [0.2, 0.25) is 0 Å². The van der Waals surface area contributed by atoms with Crippen molar-refractivity contribution in [2.45, 2.75) is 145 Å². The maximum absolute atomic E-state index is 13.8. The monoisotopic (exact) mass is 668 g/mol. The van der Waals surface area contributed by atoms with E-state index in [2.05, 4.69) is 34.6 Å². The zero-order chi connectivity index (χ0) is 35.1. The molecular formula is C40H64N2O6. The molecule has 5 saturated carbocycles.